The van der Waals surface area contributed by atoms with E-state index in [0.29, 0.717) is 0 Å². The molecule has 0 aromatic carbocycles. The minimum atomic E-state index is -0.315. The SMILES string of the molecule is [CH2]C(OC)OC.c1ccc2cccc-2cc1. The van der Waals surface area contributed by atoms with E-state index in [1.165, 1.54) is 11.1 Å². The number of hydrogen-bond donors (Lipinski definition) is 0. The minimum Gasteiger partial charge on any atom is -0.356 e. The molecule has 0 unspecified atom stereocenters. The Kier molecular flexibility index (Phi) is 5.54. The van der Waals surface area contributed by atoms with Crippen LogP contribution in [0.1, 0.15) is 0 Å². The summed E-state index contributed by atoms with van der Waals surface area (Å²) in [5.74, 6) is 0. The van der Waals surface area contributed by atoms with Crippen molar-refractivity contribution in [2.24, 2.45) is 0 Å². The van der Waals surface area contributed by atoms with Gasteiger partial charge in [-0.2, -0.15) is 0 Å². The fourth-order valence-electron chi connectivity index (χ4n) is 1.23. The zero-order valence-corrected chi connectivity index (χ0v) is 9.72. The average Bonchev–Trinajstić information content (AvgIpc) is 2.66. The summed E-state index contributed by atoms with van der Waals surface area (Å²) in [6.07, 6.45) is -0.315. The smallest absolute Gasteiger partial charge is 0.157 e. The van der Waals surface area contributed by atoms with Crippen LogP contribution in [-0.2, 0) is 9.47 Å². The van der Waals surface area contributed by atoms with E-state index in [1.807, 2.05) is 6.07 Å². The highest BCUT2D eigenvalue weighted by Crippen LogP contribution is 2.19. The normalized spacial score (nSPS) is 10.0. The quantitative estimate of drug-likeness (QED) is 0.719. The predicted octanol–water partition coefficient (Wildman–Crippen LogP) is 3.23. The molecule has 2 nitrogen and oxygen atoms in total. The molecule has 0 bridgehead atoms. The van der Waals surface area contributed by atoms with Gasteiger partial charge in [0.15, 0.2) is 6.29 Å². The Hall–Kier alpha value is -1.38. The zero-order chi connectivity index (χ0) is 11.8. The molecule has 2 aliphatic rings. The fourth-order valence-corrected chi connectivity index (χ4v) is 1.23. The van der Waals surface area contributed by atoms with E-state index < -0.39 is 0 Å². The topological polar surface area (TPSA) is 18.5 Å². The largest absolute Gasteiger partial charge is 0.356 e. The van der Waals surface area contributed by atoms with Crippen molar-refractivity contribution in [3.05, 3.63) is 55.5 Å². The van der Waals surface area contributed by atoms with Gasteiger partial charge < -0.3 is 9.47 Å². The highest BCUT2D eigenvalue weighted by atomic mass is 16.7. The average molecular weight is 217 g/mol. The van der Waals surface area contributed by atoms with Crippen LogP contribution in [0.2, 0.25) is 0 Å². The van der Waals surface area contributed by atoms with E-state index in [1.54, 1.807) is 14.2 Å². The fraction of sp³-hybridized carbons (Fsp3) is 0.214. The molecule has 0 amide bonds. The van der Waals surface area contributed by atoms with Crippen LogP contribution in [0.3, 0.4) is 0 Å². The second kappa shape index (κ2) is 6.99. The molecule has 0 aromatic rings. The van der Waals surface area contributed by atoms with Crippen molar-refractivity contribution in [1.82, 2.24) is 0 Å². The Labute approximate surface area is 97.2 Å². The minimum absolute atomic E-state index is 0.315. The van der Waals surface area contributed by atoms with E-state index in [4.69, 9.17) is 0 Å². The molecule has 1 radical (unpaired) electrons. The first kappa shape index (κ1) is 12.7. The van der Waals surface area contributed by atoms with Crippen molar-refractivity contribution in [1.29, 1.82) is 0 Å². The van der Waals surface area contributed by atoms with Crippen LogP contribution in [0.25, 0.3) is 11.1 Å². The molecule has 0 spiro atoms. The summed E-state index contributed by atoms with van der Waals surface area (Å²) in [5.41, 5.74) is 2.62. The number of methoxy groups -OCH3 is 2. The van der Waals surface area contributed by atoms with Crippen LogP contribution in [0.15, 0.2) is 48.5 Å². The predicted molar refractivity (Wildman–Crippen MR) is 66.2 cm³/mol. The molecule has 16 heavy (non-hydrogen) atoms. The molecule has 2 rings (SSSR count). The highest BCUT2D eigenvalue weighted by Gasteiger charge is 1.94. The number of rotatable bonds is 2. The first-order valence-corrected chi connectivity index (χ1v) is 5.10. The zero-order valence-electron chi connectivity index (χ0n) is 9.72. The van der Waals surface area contributed by atoms with Crippen molar-refractivity contribution in [2.75, 3.05) is 14.2 Å². The molecule has 0 saturated heterocycles. The summed E-state index contributed by atoms with van der Waals surface area (Å²) in [4.78, 5) is 0. The lowest BCUT2D eigenvalue weighted by Crippen LogP contribution is -2.05. The molecule has 0 aromatic heterocycles. The summed E-state index contributed by atoms with van der Waals surface area (Å²) in [5, 5.41) is 0. The lowest BCUT2D eigenvalue weighted by atomic mass is 10.2. The first-order chi connectivity index (χ1) is 7.77. The molecule has 85 valence electrons. The molecular formula is C14H17O2. The summed E-state index contributed by atoms with van der Waals surface area (Å²) in [6, 6.07) is 16.7. The Morgan fingerprint density at radius 2 is 1.25 bits per heavy atom. The lowest BCUT2D eigenvalue weighted by Gasteiger charge is -2.02. The summed E-state index contributed by atoms with van der Waals surface area (Å²) >= 11 is 0. The van der Waals surface area contributed by atoms with E-state index in [2.05, 4.69) is 58.9 Å². The van der Waals surface area contributed by atoms with Crippen molar-refractivity contribution < 1.29 is 9.47 Å². The Morgan fingerprint density at radius 1 is 0.812 bits per heavy atom. The first-order valence-electron chi connectivity index (χ1n) is 5.10. The number of ether oxygens (including phenoxy) is 2. The van der Waals surface area contributed by atoms with E-state index >= 15 is 0 Å². The van der Waals surface area contributed by atoms with Gasteiger partial charge in [0.05, 0.1) is 0 Å². The van der Waals surface area contributed by atoms with Crippen molar-refractivity contribution >= 4 is 0 Å². The highest BCUT2D eigenvalue weighted by molar-refractivity contribution is 5.65. The lowest BCUT2D eigenvalue weighted by molar-refractivity contribution is -0.0688. The van der Waals surface area contributed by atoms with Crippen LogP contribution in [0.5, 0.6) is 0 Å². The van der Waals surface area contributed by atoms with Gasteiger partial charge in [0.1, 0.15) is 0 Å². The van der Waals surface area contributed by atoms with E-state index in [0.717, 1.165) is 0 Å². The third-order valence-corrected chi connectivity index (χ3v) is 2.18. The number of fused-ring (bicyclic) bond motifs is 1. The Bertz CT molecular complexity index is 341. The monoisotopic (exact) mass is 217 g/mol. The van der Waals surface area contributed by atoms with Gasteiger partial charge in [-0.25, -0.2) is 0 Å². The van der Waals surface area contributed by atoms with Crippen molar-refractivity contribution in [3.8, 4) is 11.1 Å². The van der Waals surface area contributed by atoms with E-state index in [9.17, 15) is 0 Å². The molecule has 0 saturated carbocycles. The maximum absolute atomic E-state index is 4.57. The van der Waals surface area contributed by atoms with E-state index in [-0.39, 0.29) is 6.29 Å². The van der Waals surface area contributed by atoms with Gasteiger partial charge in [0.2, 0.25) is 0 Å². The molecule has 0 fully saturated rings. The van der Waals surface area contributed by atoms with Gasteiger partial charge in [-0.1, -0.05) is 48.5 Å². The van der Waals surface area contributed by atoms with Crippen LogP contribution >= 0.6 is 0 Å². The maximum Gasteiger partial charge on any atom is 0.157 e. The third-order valence-electron chi connectivity index (χ3n) is 2.18. The second-order valence-electron chi connectivity index (χ2n) is 3.25. The molecule has 0 aliphatic heterocycles. The van der Waals surface area contributed by atoms with Gasteiger partial charge in [-0.3, -0.25) is 0 Å². The Morgan fingerprint density at radius 3 is 1.62 bits per heavy atom. The van der Waals surface area contributed by atoms with Gasteiger partial charge in [0.25, 0.3) is 0 Å². The van der Waals surface area contributed by atoms with Gasteiger partial charge in [0, 0.05) is 21.1 Å². The van der Waals surface area contributed by atoms with Gasteiger partial charge >= 0.3 is 0 Å². The molecule has 0 heterocycles. The standard InChI is InChI=1S/C10H8.C4H9O2/c1-2-5-9-7-4-8-10(9)6-3-1;1-4(5-2)6-3/h1-8H;4H,1H2,2-3H3. The molecular weight excluding hydrogens is 200 g/mol. The summed E-state index contributed by atoms with van der Waals surface area (Å²) < 4.78 is 9.13. The Balaban J connectivity index is 0.000000187. The van der Waals surface area contributed by atoms with Crippen LogP contribution < -0.4 is 0 Å². The van der Waals surface area contributed by atoms with Crippen LogP contribution in [0.4, 0.5) is 0 Å². The summed E-state index contributed by atoms with van der Waals surface area (Å²) in [6.45, 7) is 3.43. The number of hydrogen-bond acceptors (Lipinski definition) is 2. The molecule has 2 aliphatic carbocycles. The third kappa shape index (κ3) is 4.01. The summed E-state index contributed by atoms with van der Waals surface area (Å²) in [7, 11) is 3.09. The van der Waals surface area contributed by atoms with Crippen molar-refractivity contribution in [3.63, 3.8) is 0 Å². The molecule has 2 heteroatoms. The van der Waals surface area contributed by atoms with Crippen LogP contribution in [0, 0.1) is 6.92 Å². The molecule has 0 N–H and O–H groups in total. The van der Waals surface area contributed by atoms with Gasteiger partial charge in [-0.05, 0) is 11.1 Å². The van der Waals surface area contributed by atoms with Crippen molar-refractivity contribution in [2.45, 2.75) is 6.29 Å². The van der Waals surface area contributed by atoms with Gasteiger partial charge in [-0.15, -0.1) is 0 Å². The van der Waals surface area contributed by atoms with Crippen LogP contribution in [-0.4, -0.2) is 20.5 Å². The second-order valence-corrected chi connectivity index (χ2v) is 3.25. The molecule has 0 atom stereocenters. The maximum atomic E-state index is 4.57.